The molecule has 4 atom stereocenters. The summed E-state index contributed by atoms with van der Waals surface area (Å²) < 4.78 is 0. The van der Waals surface area contributed by atoms with E-state index in [4.69, 9.17) is 0 Å². The number of rotatable bonds is 6. The number of piperidine rings is 1. The van der Waals surface area contributed by atoms with E-state index in [1.165, 1.54) is 0 Å². The molecule has 2 heterocycles. The van der Waals surface area contributed by atoms with Crippen LogP contribution >= 0.6 is 0 Å². The smallest absolute Gasteiger partial charge is 0.229 e. The van der Waals surface area contributed by atoms with Crippen molar-refractivity contribution in [1.29, 1.82) is 0 Å². The van der Waals surface area contributed by atoms with Crippen LogP contribution < -0.4 is 26.6 Å². The summed E-state index contributed by atoms with van der Waals surface area (Å²) in [6.07, 6.45) is -0.496. The summed E-state index contributed by atoms with van der Waals surface area (Å²) in [7, 11) is 0. The molecule has 156 valence electrons. The van der Waals surface area contributed by atoms with Crippen LogP contribution in [0.15, 0.2) is 60.7 Å². The number of amides is 3. The predicted octanol–water partition coefficient (Wildman–Crippen LogP) is 0.539. The third-order valence-corrected chi connectivity index (χ3v) is 5.43. The van der Waals surface area contributed by atoms with E-state index in [0.29, 0.717) is 13.0 Å². The minimum Gasteiger partial charge on any atom is -0.355 e. The van der Waals surface area contributed by atoms with Crippen LogP contribution in [0.25, 0.3) is 0 Å². The molecule has 2 aliphatic rings. The lowest BCUT2D eigenvalue weighted by Gasteiger charge is -2.43. The van der Waals surface area contributed by atoms with Gasteiger partial charge in [-0.15, -0.1) is 0 Å². The molecule has 2 aromatic carbocycles. The van der Waals surface area contributed by atoms with Crippen molar-refractivity contribution < 1.29 is 14.4 Å². The van der Waals surface area contributed by atoms with Crippen LogP contribution in [0.1, 0.15) is 12.0 Å². The minimum atomic E-state index is -0.718. The Bertz CT molecular complexity index is 906. The Morgan fingerprint density at radius 1 is 0.967 bits per heavy atom. The highest BCUT2D eigenvalue weighted by Crippen LogP contribution is 2.27. The van der Waals surface area contributed by atoms with Crippen molar-refractivity contribution >= 4 is 23.4 Å². The van der Waals surface area contributed by atoms with Crippen LogP contribution in [0.3, 0.4) is 0 Å². The normalized spacial score (nSPS) is 25.5. The second kappa shape index (κ2) is 8.96. The Morgan fingerprint density at radius 3 is 2.40 bits per heavy atom. The Morgan fingerprint density at radius 2 is 1.67 bits per heavy atom. The number of fused-ring (bicyclic) bond motifs is 1. The molecule has 0 radical (unpaired) electrons. The maximum atomic E-state index is 12.8. The zero-order valence-corrected chi connectivity index (χ0v) is 16.4. The van der Waals surface area contributed by atoms with E-state index in [0.717, 1.165) is 11.3 Å². The van der Waals surface area contributed by atoms with E-state index in [1.54, 1.807) is 0 Å². The van der Waals surface area contributed by atoms with Gasteiger partial charge in [0.25, 0.3) is 0 Å². The monoisotopic (exact) mass is 407 g/mol. The van der Waals surface area contributed by atoms with Gasteiger partial charge in [-0.25, -0.2) is 0 Å². The molecule has 4 rings (SSSR count). The van der Waals surface area contributed by atoms with Gasteiger partial charge in [-0.2, -0.15) is 0 Å². The lowest BCUT2D eigenvalue weighted by molar-refractivity contribution is -0.146. The van der Waals surface area contributed by atoms with Crippen LogP contribution in [0, 0.1) is 11.8 Å². The molecule has 8 nitrogen and oxygen atoms in total. The number of carbonyl (C=O) groups is 3. The van der Waals surface area contributed by atoms with Crippen molar-refractivity contribution in [3.05, 3.63) is 66.2 Å². The first-order valence-corrected chi connectivity index (χ1v) is 10.1. The first kappa shape index (κ1) is 19.9. The maximum absolute atomic E-state index is 12.8. The lowest BCUT2D eigenvalue weighted by Crippen LogP contribution is -2.72. The zero-order chi connectivity index (χ0) is 20.9. The number of nitrogens with one attached hydrogen (secondary N) is 5. The molecule has 4 unspecified atom stereocenters. The Balaban J connectivity index is 1.38. The molecule has 30 heavy (non-hydrogen) atoms. The van der Waals surface area contributed by atoms with Crippen molar-refractivity contribution in [2.45, 2.75) is 25.3 Å². The summed E-state index contributed by atoms with van der Waals surface area (Å²) >= 11 is 0. The molecule has 0 aliphatic carbocycles. The maximum Gasteiger partial charge on any atom is 0.229 e. The standard InChI is InChI=1S/C22H25N5O3/c28-17-13-16(20(29)23-12-11-14-7-3-1-4-8-14)18-19(25-17)26-22(27-21(18)30)24-15-9-5-2-6-10-15/h1-10,16,18-19,22,24,26H,11-13H2,(H,23,29)(H,25,28)(H,27,30). The van der Waals surface area contributed by atoms with Crippen molar-refractivity contribution in [3.63, 3.8) is 0 Å². The van der Waals surface area contributed by atoms with Gasteiger partial charge < -0.3 is 21.3 Å². The van der Waals surface area contributed by atoms with Gasteiger partial charge in [0.15, 0.2) is 6.29 Å². The number of carbonyl (C=O) groups excluding carboxylic acids is 3. The van der Waals surface area contributed by atoms with E-state index in [9.17, 15) is 14.4 Å². The Labute approximate surface area is 174 Å². The molecule has 0 saturated carbocycles. The molecule has 2 aromatic rings. The molecule has 2 aliphatic heterocycles. The van der Waals surface area contributed by atoms with Gasteiger partial charge in [0, 0.05) is 18.7 Å². The van der Waals surface area contributed by atoms with Crippen LogP contribution in [-0.2, 0) is 20.8 Å². The summed E-state index contributed by atoms with van der Waals surface area (Å²) in [5, 5.41) is 14.9. The van der Waals surface area contributed by atoms with Gasteiger partial charge in [0.2, 0.25) is 17.7 Å². The molecular formula is C22H25N5O3. The van der Waals surface area contributed by atoms with E-state index in [2.05, 4.69) is 26.6 Å². The van der Waals surface area contributed by atoms with Crippen molar-refractivity contribution in [1.82, 2.24) is 21.3 Å². The molecule has 0 bridgehead atoms. The molecule has 0 spiro atoms. The van der Waals surface area contributed by atoms with Crippen LogP contribution in [0.2, 0.25) is 0 Å². The highest BCUT2D eigenvalue weighted by Gasteiger charge is 2.48. The summed E-state index contributed by atoms with van der Waals surface area (Å²) in [4.78, 5) is 37.8. The fourth-order valence-electron chi connectivity index (χ4n) is 3.96. The minimum absolute atomic E-state index is 0.00970. The molecule has 2 fully saturated rings. The number of hydrogen-bond acceptors (Lipinski definition) is 5. The van der Waals surface area contributed by atoms with Gasteiger partial charge in [-0.05, 0) is 24.1 Å². The van der Waals surface area contributed by atoms with E-state index < -0.39 is 24.3 Å². The van der Waals surface area contributed by atoms with Crippen molar-refractivity contribution in [3.8, 4) is 0 Å². The van der Waals surface area contributed by atoms with Crippen LogP contribution in [0.5, 0.6) is 0 Å². The predicted molar refractivity (Wildman–Crippen MR) is 112 cm³/mol. The Hall–Kier alpha value is -3.39. The molecule has 3 amide bonds. The van der Waals surface area contributed by atoms with E-state index in [-0.39, 0.29) is 24.1 Å². The van der Waals surface area contributed by atoms with Gasteiger partial charge in [0.05, 0.1) is 18.0 Å². The summed E-state index contributed by atoms with van der Waals surface area (Å²) in [6, 6.07) is 19.3. The van der Waals surface area contributed by atoms with Crippen LogP contribution in [0.4, 0.5) is 5.69 Å². The van der Waals surface area contributed by atoms with Crippen LogP contribution in [-0.4, -0.2) is 36.7 Å². The second-order valence-electron chi connectivity index (χ2n) is 7.53. The van der Waals surface area contributed by atoms with E-state index in [1.807, 2.05) is 60.7 Å². The lowest BCUT2D eigenvalue weighted by atomic mass is 9.81. The SMILES string of the molecule is O=C1CC(C(=O)NCCc2ccccc2)C2C(=O)NC(Nc3ccccc3)NC2N1. The summed E-state index contributed by atoms with van der Waals surface area (Å²) in [5.74, 6) is -2.18. The Kier molecular flexibility index (Phi) is 5.94. The van der Waals surface area contributed by atoms with Crippen molar-refractivity contribution in [2.24, 2.45) is 11.8 Å². The average molecular weight is 407 g/mol. The fraction of sp³-hybridized carbons (Fsp3) is 0.318. The van der Waals surface area contributed by atoms with Gasteiger partial charge in [0.1, 0.15) is 0 Å². The number of benzene rings is 2. The number of anilines is 1. The first-order valence-electron chi connectivity index (χ1n) is 10.1. The van der Waals surface area contributed by atoms with E-state index >= 15 is 0 Å². The zero-order valence-electron chi connectivity index (χ0n) is 16.4. The molecule has 5 N–H and O–H groups in total. The molecular weight excluding hydrogens is 382 g/mol. The highest BCUT2D eigenvalue weighted by atomic mass is 16.2. The second-order valence-corrected chi connectivity index (χ2v) is 7.53. The summed E-state index contributed by atoms with van der Waals surface area (Å²) in [6.45, 7) is 0.450. The summed E-state index contributed by atoms with van der Waals surface area (Å²) in [5.41, 5.74) is 1.94. The van der Waals surface area contributed by atoms with Gasteiger partial charge in [-0.3, -0.25) is 19.7 Å². The molecule has 0 aromatic heterocycles. The molecule has 8 heteroatoms. The highest BCUT2D eigenvalue weighted by molar-refractivity contribution is 5.94. The topological polar surface area (TPSA) is 111 Å². The van der Waals surface area contributed by atoms with Crippen molar-refractivity contribution in [2.75, 3.05) is 11.9 Å². The fourth-order valence-corrected chi connectivity index (χ4v) is 3.96. The first-order chi connectivity index (χ1) is 14.6. The quantitative estimate of drug-likeness (QED) is 0.480. The third-order valence-electron chi connectivity index (χ3n) is 5.43. The average Bonchev–Trinajstić information content (AvgIpc) is 2.74. The van der Waals surface area contributed by atoms with Gasteiger partial charge >= 0.3 is 0 Å². The third kappa shape index (κ3) is 4.60. The molecule has 2 saturated heterocycles. The largest absolute Gasteiger partial charge is 0.355 e. The van der Waals surface area contributed by atoms with Gasteiger partial charge in [-0.1, -0.05) is 48.5 Å². The number of hydrogen-bond donors (Lipinski definition) is 5. The number of para-hydroxylation sites is 1.